The van der Waals surface area contributed by atoms with Crippen LogP contribution in [0.15, 0.2) is 12.4 Å². The number of aromatic amines is 1. The van der Waals surface area contributed by atoms with Gasteiger partial charge in [0.2, 0.25) is 11.8 Å². The van der Waals surface area contributed by atoms with Crippen molar-refractivity contribution in [3.63, 3.8) is 0 Å². The number of rotatable bonds is 3. The highest BCUT2D eigenvalue weighted by Gasteiger charge is 2.36. The zero-order valence-electron chi connectivity index (χ0n) is 10.8. The van der Waals surface area contributed by atoms with Crippen LogP contribution in [0.1, 0.15) is 25.7 Å². The molecule has 2 heterocycles. The molecule has 0 radical (unpaired) electrons. The molecule has 1 saturated carbocycles. The minimum absolute atomic E-state index is 0.0188. The molecule has 19 heavy (non-hydrogen) atoms. The monoisotopic (exact) mass is 262 g/mol. The van der Waals surface area contributed by atoms with Crippen LogP contribution in [0.5, 0.6) is 0 Å². The van der Waals surface area contributed by atoms with Crippen LogP contribution in [0.3, 0.4) is 0 Å². The molecule has 0 spiro atoms. The van der Waals surface area contributed by atoms with Gasteiger partial charge in [-0.2, -0.15) is 5.10 Å². The number of hydrogen-bond donors (Lipinski definition) is 2. The minimum atomic E-state index is -0.105. The van der Waals surface area contributed by atoms with Crippen LogP contribution in [0.2, 0.25) is 0 Å². The van der Waals surface area contributed by atoms with Crippen molar-refractivity contribution in [3.8, 4) is 0 Å². The highest BCUT2D eigenvalue weighted by Crippen LogP contribution is 2.32. The third-order valence-corrected chi connectivity index (χ3v) is 3.80. The van der Waals surface area contributed by atoms with Crippen LogP contribution in [0.4, 0.5) is 5.69 Å². The Labute approximate surface area is 111 Å². The Morgan fingerprint density at radius 3 is 2.84 bits per heavy atom. The summed E-state index contributed by atoms with van der Waals surface area (Å²) in [5.41, 5.74) is 0.677. The molecule has 2 aliphatic rings. The second kappa shape index (κ2) is 5.03. The molecule has 1 aromatic heterocycles. The molecule has 1 aromatic rings. The molecule has 6 nitrogen and oxygen atoms in total. The Bertz CT molecular complexity index is 467. The van der Waals surface area contributed by atoms with Gasteiger partial charge < -0.3 is 10.2 Å². The first-order valence-electron chi connectivity index (χ1n) is 6.82. The highest BCUT2D eigenvalue weighted by molar-refractivity contribution is 5.93. The number of aromatic nitrogens is 2. The largest absolute Gasteiger partial charge is 0.342 e. The van der Waals surface area contributed by atoms with Crippen LogP contribution in [-0.2, 0) is 9.59 Å². The summed E-state index contributed by atoms with van der Waals surface area (Å²) in [6.45, 7) is 1.35. The van der Waals surface area contributed by atoms with Gasteiger partial charge in [0.25, 0.3) is 0 Å². The fourth-order valence-electron chi connectivity index (χ4n) is 2.54. The van der Waals surface area contributed by atoms with E-state index in [0.717, 1.165) is 32.2 Å². The van der Waals surface area contributed by atoms with Gasteiger partial charge in [0.05, 0.1) is 17.8 Å². The molecule has 1 aliphatic heterocycles. The number of nitrogens with zero attached hydrogens (tertiary/aromatic N) is 2. The number of amides is 2. The number of hydrogen-bond acceptors (Lipinski definition) is 3. The Kier molecular flexibility index (Phi) is 3.23. The van der Waals surface area contributed by atoms with Crippen molar-refractivity contribution in [1.82, 2.24) is 15.1 Å². The number of H-pyrrole nitrogens is 1. The summed E-state index contributed by atoms with van der Waals surface area (Å²) in [6, 6.07) is 0. The second-order valence-electron chi connectivity index (χ2n) is 5.37. The Morgan fingerprint density at radius 2 is 2.16 bits per heavy atom. The summed E-state index contributed by atoms with van der Waals surface area (Å²) in [5, 5.41) is 9.28. The molecule has 102 valence electrons. The average Bonchev–Trinajstić information content (AvgIpc) is 3.17. The molecular weight excluding hydrogens is 244 g/mol. The molecule has 0 aromatic carbocycles. The lowest BCUT2D eigenvalue weighted by Crippen LogP contribution is -2.44. The molecule has 2 N–H and O–H groups in total. The van der Waals surface area contributed by atoms with E-state index in [0.29, 0.717) is 12.2 Å². The molecule has 1 aliphatic carbocycles. The van der Waals surface area contributed by atoms with Gasteiger partial charge in [-0.05, 0) is 25.7 Å². The van der Waals surface area contributed by atoms with Gasteiger partial charge in [0.1, 0.15) is 0 Å². The van der Waals surface area contributed by atoms with Crippen LogP contribution in [0.25, 0.3) is 0 Å². The zero-order valence-corrected chi connectivity index (χ0v) is 10.8. The smallest absolute Gasteiger partial charge is 0.229 e. The maximum absolute atomic E-state index is 12.1. The molecule has 1 unspecified atom stereocenters. The Balaban J connectivity index is 1.58. The Morgan fingerprint density at radius 1 is 1.32 bits per heavy atom. The number of carbonyl (C=O) groups excluding carboxylic acids is 2. The summed E-state index contributed by atoms with van der Waals surface area (Å²) in [4.78, 5) is 26.0. The molecule has 3 rings (SSSR count). The lowest BCUT2D eigenvalue weighted by atomic mass is 9.96. The van der Waals surface area contributed by atoms with E-state index >= 15 is 0 Å². The van der Waals surface area contributed by atoms with Crippen LogP contribution in [-0.4, -0.2) is 40.0 Å². The van der Waals surface area contributed by atoms with Crippen molar-refractivity contribution in [3.05, 3.63) is 12.4 Å². The molecule has 6 heteroatoms. The summed E-state index contributed by atoms with van der Waals surface area (Å²) in [7, 11) is 0. The van der Waals surface area contributed by atoms with Gasteiger partial charge >= 0.3 is 0 Å². The SMILES string of the molecule is O=C(Nc1cn[nH]c1)C1CCCN(C(=O)C2CC2)C1. The lowest BCUT2D eigenvalue weighted by Gasteiger charge is -2.32. The Hall–Kier alpha value is -1.85. The number of nitrogens with one attached hydrogen (secondary N) is 2. The first-order valence-corrected chi connectivity index (χ1v) is 6.82. The van der Waals surface area contributed by atoms with E-state index in [1.807, 2.05) is 4.90 Å². The molecule has 1 saturated heterocycles. The summed E-state index contributed by atoms with van der Waals surface area (Å²) in [5.74, 6) is 0.345. The predicted molar refractivity (Wildman–Crippen MR) is 69.2 cm³/mol. The molecular formula is C13H18N4O2. The molecule has 1 atom stereocenters. The van der Waals surface area contributed by atoms with Crippen LogP contribution >= 0.6 is 0 Å². The van der Waals surface area contributed by atoms with E-state index in [4.69, 9.17) is 0 Å². The minimum Gasteiger partial charge on any atom is -0.342 e. The van der Waals surface area contributed by atoms with Gasteiger partial charge in [-0.15, -0.1) is 0 Å². The van der Waals surface area contributed by atoms with Crippen molar-refractivity contribution >= 4 is 17.5 Å². The number of likely N-dealkylation sites (tertiary alicyclic amines) is 1. The van der Waals surface area contributed by atoms with Crippen molar-refractivity contribution in [2.75, 3.05) is 18.4 Å². The summed E-state index contributed by atoms with van der Waals surface area (Å²) >= 11 is 0. The predicted octanol–water partition coefficient (Wildman–Crippen LogP) is 0.997. The normalized spacial score (nSPS) is 23.2. The van der Waals surface area contributed by atoms with Gasteiger partial charge in [-0.25, -0.2) is 0 Å². The van der Waals surface area contributed by atoms with Crippen molar-refractivity contribution in [2.24, 2.45) is 11.8 Å². The lowest BCUT2D eigenvalue weighted by molar-refractivity contribution is -0.135. The first-order chi connectivity index (χ1) is 9.24. The quantitative estimate of drug-likeness (QED) is 0.853. The van der Waals surface area contributed by atoms with Gasteiger partial charge in [-0.3, -0.25) is 14.7 Å². The number of anilines is 1. The van der Waals surface area contributed by atoms with Gasteiger partial charge in [-0.1, -0.05) is 0 Å². The van der Waals surface area contributed by atoms with E-state index in [2.05, 4.69) is 15.5 Å². The number of piperidine rings is 1. The topological polar surface area (TPSA) is 78.1 Å². The van der Waals surface area contributed by atoms with Crippen molar-refractivity contribution < 1.29 is 9.59 Å². The third-order valence-electron chi connectivity index (χ3n) is 3.80. The van der Waals surface area contributed by atoms with Gasteiger partial charge in [0, 0.05) is 25.2 Å². The van der Waals surface area contributed by atoms with E-state index in [-0.39, 0.29) is 23.7 Å². The maximum atomic E-state index is 12.1. The summed E-state index contributed by atoms with van der Waals surface area (Å²) < 4.78 is 0. The average molecular weight is 262 g/mol. The fraction of sp³-hybridized carbons (Fsp3) is 0.615. The van der Waals surface area contributed by atoms with E-state index in [1.165, 1.54) is 0 Å². The standard InChI is InChI=1S/C13H18N4O2/c18-12(16-11-6-14-15-7-11)10-2-1-5-17(8-10)13(19)9-3-4-9/h6-7,9-10H,1-5,8H2,(H,14,15)(H,16,18). The van der Waals surface area contributed by atoms with Crippen LogP contribution in [0, 0.1) is 11.8 Å². The summed E-state index contributed by atoms with van der Waals surface area (Å²) in [6.07, 6.45) is 7.00. The van der Waals surface area contributed by atoms with Crippen molar-refractivity contribution in [2.45, 2.75) is 25.7 Å². The first kappa shape index (κ1) is 12.2. The molecule has 0 bridgehead atoms. The fourth-order valence-corrected chi connectivity index (χ4v) is 2.54. The van der Waals surface area contributed by atoms with E-state index in [9.17, 15) is 9.59 Å². The van der Waals surface area contributed by atoms with Gasteiger partial charge in [0.15, 0.2) is 0 Å². The number of carbonyl (C=O) groups is 2. The van der Waals surface area contributed by atoms with E-state index in [1.54, 1.807) is 12.4 Å². The maximum Gasteiger partial charge on any atom is 0.229 e. The van der Waals surface area contributed by atoms with E-state index < -0.39 is 0 Å². The zero-order chi connectivity index (χ0) is 13.2. The second-order valence-corrected chi connectivity index (χ2v) is 5.37. The third kappa shape index (κ3) is 2.77. The molecule has 2 amide bonds. The molecule has 2 fully saturated rings. The highest BCUT2D eigenvalue weighted by atomic mass is 16.2. The van der Waals surface area contributed by atoms with Crippen LogP contribution < -0.4 is 5.32 Å². The van der Waals surface area contributed by atoms with Crippen molar-refractivity contribution in [1.29, 1.82) is 0 Å².